The first kappa shape index (κ1) is 16.4. The molecule has 1 saturated heterocycles. The van der Waals surface area contributed by atoms with E-state index in [2.05, 4.69) is 4.98 Å². The Labute approximate surface area is 144 Å². The van der Waals surface area contributed by atoms with Gasteiger partial charge in [-0.3, -0.25) is 9.59 Å². The first-order valence-electron chi connectivity index (χ1n) is 7.95. The molecule has 2 amide bonds. The van der Waals surface area contributed by atoms with E-state index in [0.29, 0.717) is 44.1 Å². The Kier molecular flexibility index (Phi) is 5.10. The fourth-order valence-electron chi connectivity index (χ4n) is 2.78. The zero-order valence-corrected chi connectivity index (χ0v) is 14.2. The molecule has 0 spiro atoms. The second-order valence-electron chi connectivity index (χ2n) is 5.73. The molecule has 1 fully saturated rings. The van der Waals surface area contributed by atoms with Crippen molar-refractivity contribution in [1.29, 1.82) is 0 Å². The predicted molar refractivity (Wildman–Crippen MR) is 93.8 cm³/mol. The monoisotopic (exact) mass is 344 g/mol. The molecule has 2 aromatic heterocycles. The van der Waals surface area contributed by atoms with Gasteiger partial charge in [0.25, 0.3) is 5.91 Å². The van der Waals surface area contributed by atoms with Gasteiger partial charge in [-0.1, -0.05) is 12.1 Å². The highest BCUT2D eigenvalue weighted by molar-refractivity contribution is 7.10. The summed E-state index contributed by atoms with van der Waals surface area (Å²) in [6, 6.07) is 8.98. The quantitative estimate of drug-likeness (QED) is 0.918. The summed E-state index contributed by atoms with van der Waals surface area (Å²) < 4.78 is 0. The number of nitrogens with two attached hydrogens (primary N) is 1. The van der Waals surface area contributed by atoms with E-state index < -0.39 is 0 Å². The molecule has 3 heterocycles. The highest BCUT2D eigenvalue weighted by Crippen LogP contribution is 2.13. The molecule has 1 aliphatic heterocycles. The lowest BCUT2D eigenvalue weighted by atomic mass is 10.3. The van der Waals surface area contributed by atoms with Crippen molar-refractivity contribution in [3.05, 3.63) is 46.3 Å². The largest absolute Gasteiger partial charge is 0.384 e. The van der Waals surface area contributed by atoms with Crippen molar-refractivity contribution in [3.63, 3.8) is 0 Å². The van der Waals surface area contributed by atoms with Crippen molar-refractivity contribution < 1.29 is 9.59 Å². The number of carbonyl (C=O) groups excluding carboxylic acids is 2. The number of carbonyl (C=O) groups is 2. The van der Waals surface area contributed by atoms with Gasteiger partial charge in [0.1, 0.15) is 11.5 Å². The van der Waals surface area contributed by atoms with E-state index in [1.165, 1.54) is 0 Å². The summed E-state index contributed by atoms with van der Waals surface area (Å²) in [5, 5.41) is 1.98. The van der Waals surface area contributed by atoms with Crippen LogP contribution in [0.2, 0.25) is 0 Å². The number of amides is 2. The maximum Gasteiger partial charge on any atom is 0.272 e. The molecular weight excluding hydrogens is 324 g/mol. The minimum atomic E-state index is -0.130. The van der Waals surface area contributed by atoms with Crippen LogP contribution in [0.5, 0.6) is 0 Å². The molecule has 2 N–H and O–H groups in total. The SMILES string of the molecule is Nc1cccc(C(=O)N2CCCN(C(=O)Cc3cccs3)CC2)n1. The fourth-order valence-corrected chi connectivity index (χ4v) is 3.47. The van der Waals surface area contributed by atoms with Gasteiger partial charge in [0, 0.05) is 31.1 Å². The van der Waals surface area contributed by atoms with Gasteiger partial charge in [0.15, 0.2) is 0 Å². The van der Waals surface area contributed by atoms with Crippen molar-refractivity contribution in [2.75, 3.05) is 31.9 Å². The van der Waals surface area contributed by atoms with Crippen molar-refractivity contribution in [3.8, 4) is 0 Å². The number of aromatic nitrogens is 1. The highest BCUT2D eigenvalue weighted by Gasteiger charge is 2.23. The second-order valence-corrected chi connectivity index (χ2v) is 6.76. The highest BCUT2D eigenvalue weighted by atomic mass is 32.1. The molecule has 0 aromatic carbocycles. The van der Waals surface area contributed by atoms with E-state index in [1.54, 1.807) is 34.4 Å². The maximum atomic E-state index is 12.5. The molecule has 0 bridgehead atoms. The van der Waals surface area contributed by atoms with Crippen LogP contribution < -0.4 is 5.73 Å². The molecular formula is C17H20N4O2S. The number of hydrogen-bond acceptors (Lipinski definition) is 5. The van der Waals surface area contributed by atoms with Gasteiger partial charge in [-0.2, -0.15) is 0 Å². The van der Waals surface area contributed by atoms with Crippen molar-refractivity contribution in [2.24, 2.45) is 0 Å². The third-order valence-electron chi connectivity index (χ3n) is 4.03. The molecule has 0 radical (unpaired) electrons. The standard InChI is InChI=1S/C17H20N4O2S/c18-15-6-1-5-14(19-15)17(23)21-8-3-7-20(9-10-21)16(22)12-13-4-2-11-24-13/h1-2,4-6,11H,3,7-10,12H2,(H2,18,19). The summed E-state index contributed by atoms with van der Waals surface area (Å²) in [5.74, 6) is 0.326. The summed E-state index contributed by atoms with van der Waals surface area (Å²) in [5.41, 5.74) is 6.00. The van der Waals surface area contributed by atoms with E-state index >= 15 is 0 Å². The lowest BCUT2D eigenvalue weighted by molar-refractivity contribution is -0.130. The Morgan fingerprint density at radius 3 is 2.62 bits per heavy atom. The summed E-state index contributed by atoms with van der Waals surface area (Å²) in [4.78, 5) is 33.7. The molecule has 0 unspecified atom stereocenters. The number of thiophene rings is 1. The van der Waals surface area contributed by atoms with Crippen LogP contribution in [0.15, 0.2) is 35.7 Å². The topological polar surface area (TPSA) is 79.5 Å². The Morgan fingerprint density at radius 1 is 1.08 bits per heavy atom. The van der Waals surface area contributed by atoms with Gasteiger partial charge in [-0.05, 0) is 30.0 Å². The van der Waals surface area contributed by atoms with E-state index in [-0.39, 0.29) is 11.8 Å². The lowest BCUT2D eigenvalue weighted by Gasteiger charge is -2.22. The Balaban J connectivity index is 1.60. The molecule has 0 atom stereocenters. The third-order valence-corrected chi connectivity index (χ3v) is 4.91. The summed E-state index contributed by atoms with van der Waals surface area (Å²) in [6.45, 7) is 2.38. The first-order chi connectivity index (χ1) is 11.6. The number of hydrogen-bond donors (Lipinski definition) is 1. The normalized spacial score (nSPS) is 15.2. The van der Waals surface area contributed by atoms with E-state index in [9.17, 15) is 9.59 Å². The third kappa shape index (κ3) is 3.91. The first-order valence-corrected chi connectivity index (χ1v) is 8.83. The van der Waals surface area contributed by atoms with Gasteiger partial charge in [-0.25, -0.2) is 4.98 Å². The number of rotatable bonds is 3. The summed E-state index contributed by atoms with van der Waals surface area (Å²) >= 11 is 1.59. The zero-order valence-electron chi connectivity index (χ0n) is 13.4. The molecule has 2 aromatic rings. The van der Waals surface area contributed by atoms with Crippen LogP contribution in [-0.4, -0.2) is 52.8 Å². The molecule has 1 aliphatic rings. The number of anilines is 1. The van der Waals surface area contributed by atoms with Crippen molar-refractivity contribution in [1.82, 2.24) is 14.8 Å². The van der Waals surface area contributed by atoms with E-state index in [0.717, 1.165) is 11.3 Å². The van der Waals surface area contributed by atoms with Gasteiger partial charge < -0.3 is 15.5 Å². The van der Waals surface area contributed by atoms with Crippen LogP contribution >= 0.6 is 11.3 Å². The van der Waals surface area contributed by atoms with Crippen LogP contribution in [-0.2, 0) is 11.2 Å². The van der Waals surface area contributed by atoms with Gasteiger partial charge in [0.05, 0.1) is 6.42 Å². The van der Waals surface area contributed by atoms with Crippen molar-refractivity contribution >= 4 is 29.0 Å². The summed E-state index contributed by atoms with van der Waals surface area (Å²) in [6.07, 6.45) is 1.20. The van der Waals surface area contributed by atoms with E-state index in [1.807, 2.05) is 22.4 Å². The average molecular weight is 344 g/mol. The maximum absolute atomic E-state index is 12.5. The minimum absolute atomic E-state index is 0.119. The minimum Gasteiger partial charge on any atom is -0.384 e. The van der Waals surface area contributed by atoms with Gasteiger partial charge >= 0.3 is 0 Å². The molecule has 0 aliphatic carbocycles. The van der Waals surface area contributed by atoms with E-state index in [4.69, 9.17) is 5.73 Å². The molecule has 7 heteroatoms. The van der Waals surface area contributed by atoms with Crippen molar-refractivity contribution in [2.45, 2.75) is 12.8 Å². The Morgan fingerprint density at radius 2 is 1.88 bits per heavy atom. The van der Waals surface area contributed by atoms with Crippen LogP contribution in [0.3, 0.4) is 0 Å². The average Bonchev–Trinajstić information content (AvgIpc) is 2.95. The van der Waals surface area contributed by atoms with Crippen LogP contribution in [0.1, 0.15) is 21.8 Å². The predicted octanol–water partition coefficient (Wildman–Crippen LogP) is 1.64. The Bertz CT molecular complexity index is 717. The van der Waals surface area contributed by atoms with Crippen LogP contribution in [0.25, 0.3) is 0 Å². The van der Waals surface area contributed by atoms with Crippen LogP contribution in [0, 0.1) is 0 Å². The molecule has 126 valence electrons. The van der Waals surface area contributed by atoms with Crippen LogP contribution in [0.4, 0.5) is 5.82 Å². The molecule has 3 rings (SSSR count). The fraction of sp³-hybridized carbons (Fsp3) is 0.353. The lowest BCUT2D eigenvalue weighted by Crippen LogP contribution is -2.38. The number of pyridine rings is 1. The van der Waals surface area contributed by atoms with Gasteiger partial charge in [0.2, 0.25) is 5.91 Å². The number of nitrogens with zero attached hydrogens (tertiary/aromatic N) is 3. The Hall–Kier alpha value is -2.41. The zero-order chi connectivity index (χ0) is 16.9. The molecule has 6 nitrogen and oxygen atoms in total. The summed E-state index contributed by atoms with van der Waals surface area (Å²) in [7, 11) is 0. The molecule has 0 saturated carbocycles. The molecule has 24 heavy (non-hydrogen) atoms. The second kappa shape index (κ2) is 7.44. The smallest absolute Gasteiger partial charge is 0.272 e. The van der Waals surface area contributed by atoms with Gasteiger partial charge in [-0.15, -0.1) is 11.3 Å². The number of nitrogen functional groups attached to an aromatic ring is 1.